The van der Waals surface area contributed by atoms with Crippen molar-refractivity contribution >= 4 is 11.6 Å². The van der Waals surface area contributed by atoms with Crippen LogP contribution in [0.4, 0.5) is 0 Å². The molecule has 0 aliphatic carbocycles. The number of amides is 1. The molecule has 6 heteroatoms. The maximum Gasteiger partial charge on any atom is 0.253 e. The largest absolute Gasteiger partial charge is 0.487 e. The average molecular weight is 455 g/mol. The average Bonchev–Trinajstić information content (AvgIpc) is 3.29. The van der Waals surface area contributed by atoms with E-state index in [1.165, 1.54) is 11.1 Å². The van der Waals surface area contributed by atoms with Crippen LogP contribution in [0.3, 0.4) is 0 Å². The molecule has 0 atom stereocenters. The fourth-order valence-electron chi connectivity index (χ4n) is 4.37. The second-order valence-electron chi connectivity index (χ2n) is 8.89. The Balaban J connectivity index is 1.10. The predicted octanol–water partition coefficient (Wildman–Crippen LogP) is 4.22. The van der Waals surface area contributed by atoms with Crippen molar-refractivity contribution in [2.45, 2.75) is 20.0 Å². The molecule has 1 amide bonds. The number of aromatic nitrogens is 2. The summed E-state index contributed by atoms with van der Waals surface area (Å²) in [7, 11) is 0. The van der Waals surface area contributed by atoms with Crippen LogP contribution in [0.25, 0.3) is 5.65 Å². The van der Waals surface area contributed by atoms with E-state index in [1.807, 2.05) is 51.9 Å². The molecule has 4 aromatic rings. The molecule has 6 nitrogen and oxygen atoms in total. The Labute approximate surface area is 200 Å². The first-order valence-electron chi connectivity index (χ1n) is 11.9. The van der Waals surface area contributed by atoms with Gasteiger partial charge in [0, 0.05) is 50.7 Å². The molecule has 1 fully saturated rings. The fourth-order valence-corrected chi connectivity index (χ4v) is 4.37. The van der Waals surface area contributed by atoms with Crippen molar-refractivity contribution in [3.63, 3.8) is 0 Å². The zero-order chi connectivity index (χ0) is 23.3. The molecule has 0 spiro atoms. The van der Waals surface area contributed by atoms with E-state index >= 15 is 0 Å². The smallest absolute Gasteiger partial charge is 0.253 e. The second-order valence-corrected chi connectivity index (χ2v) is 8.89. The SMILES string of the molecule is Cc1ccc2nc(COc3ccc(C(=O)N4CCN(CCc5ccccc5)CC4)cc3)cn2c1. The summed E-state index contributed by atoms with van der Waals surface area (Å²) in [4.78, 5) is 21.9. The lowest BCUT2D eigenvalue weighted by Crippen LogP contribution is -2.49. The Hall–Kier alpha value is -3.64. The number of aryl methyl sites for hydroxylation is 1. The first-order valence-corrected chi connectivity index (χ1v) is 11.9. The van der Waals surface area contributed by atoms with Gasteiger partial charge in [-0.1, -0.05) is 36.4 Å². The molecule has 34 heavy (non-hydrogen) atoms. The number of pyridine rings is 1. The molecule has 0 radical (unpaired) electrons. The van der Waals surface area contributed by atoms with Crippen molar-refractivity contribution in [2.75, 3.05) is 32.7 Å². The zero-order valence-electron chi connectivity index (χ0n) is 19.6. The number of carbonyl (C=O) groups excluding carboxylic acids is 1. The van der Waals surface area contributed by atoms with Gasteiger partial charge in [-0.2, -0.15) is 0 Å². The summed E-state index contributed by atoms with van der Waals surface area (Å²) in [6.45, 7) is 6.84. The number of carbonyl (C=O) groups is 1. The number of nitrogens with zero attached hydrogens (tertiary/aromatic N) is 4. The number of fused-ring (bicyclic) bond motifs is 1. The van der Waals surface area contributed by atoms with Gasteiger partial charge in [0.05, 0.1) is 5.69 Å². The summed E-state index contributed by atoms with van der Waals surface area (Å²) in [5, 5.41) is 0. The highest BCUT2D eigenvalue weighted by Gasteiger charge is 2.22. The molecule has 0 unspecified atom stereocenters. The second kappa shape index (κ2) is 10.1. The van der Waals surface area contributed by atoms with Crippen LogP contribution in [-0.4, -0.2) is 57.8 Å². The molecule has 0 bridgehead atoms. The van der Waals surface area contributed by atoms with Crippen LogP contribution in [0.5, 0.6) is 5.75 Å². The fraction of sp³-hybridized carbons (Fsp3) is 0.286. The van der Waals surface area contributed by atoms with Crippen LogP contribution in [-0.2, 0) is 13.0 Å². The predicted molar refractivity (Wildman–Crippen MR) is 133 cm³/mol. The topological polar surface area (TPSA) is 50.1 Å². The molecule has 5 rings (SSSR count). The number of benzene rings is 2. The van der Waals surface area contributed by atoms with Gasteiger partial charge in [0.15, 0.2) is 0 Å². The van der Waals surface area contributed by atoms with Gasteiger partial charge in [0.2, 0.25) is 0 Å². The van der Waals surface area contributed by atoms with Gasteiger partial charge in [0.25, 0.3) is 5.91 Å². The van der Waals surface area contributed by atoms with Crippen molar-refractivity contribution in [1.82, 2.24) is 19.2 Å². The van der Waals surface area contributed by atoms with E-state index in [1.54, 1.807) is 0 Å². The highest BCUT2D eigenvalue weighted by Crippen LogP contribution is 2.17. The van der Waals surface area contributed by atoms with E-state index in [9.17, 15) is 4.79 Å². The van der Waals surface area contributed by atoms with Gasteiger partial charge in [-0.15, -0.1) is 0 Å². The minimum absolute atomic E-state index is 0.0879. The number of imidazole rings is 1. The van der Waals surface area contributed by atoms with Crippen molar-refractivity contribution < 1.29 is 9.53 Å². The maximum atomic E-state index is 13.0. The van der Waals surface area contributed by atoms with E-state index in [2.05, 4.69) is 53.3 Å². The molecule has 1 aliphatic rings. The van der Waals surface area contributed by atoms with Crippen molar-refractivity contribution in [3.05, 3.63) is 102 Å². The van der Waals surface area contributed by atoms with Crippen LogP contribution >= 0.6 is 0 Å². The molecule has 2 aromatic carbocycles. The van der Waals surface area contributed by atoms with Gasteiger partial charge in [0.1, 0.15) is 18.0 Å². The standard InChI is InChI=1S/C28H30N4O2/c1-22-7-12-27-29-25(20-32(27)19-22)21-34-26-10-8-24(9-11-26)28(33)31-17-15-30(16-18-31)14-13-23-5-3-2-4-6-23/h2-12,19-20H,13-18,21H2,1H3. The van der Waals surface area contributed by atoms with Crippen LogP contribution in [0.15, 0.2) is 79.1 Å². The third-order valence-electron chi connectivity index (χ3n) is 6.36. The summed E-state index contributed by atoms with van der Waals surface area (Å²) in [6.07, 6.45) is 5.08. The number of rotatable bonds is 7. The molecular formula is C28H30N4O2. The van der Waals surface area contributed by atoms with Gasteiger partial charge < -0.3 is 14.0 Å². The maximum absolute atomic E-state index is 13.0. The lowest BCUT2D eigenvalue weighted by Gasteiger charge is -2.34. The third kappa shape index (κ3) is 5.29. The van der Waals surface area contributed by atoms with Crippen molar-refractivity contribution in [1.29, 1.82) is 0 Å². The Morgan fingerprint density at radius 2 is 1.68 bits per heavy atom. The molecular weight excluding hydrogens is 424 g/mol. The van der Waals surface area contributed by atoms with Crippen LogP contribution in [0.1, 0.15) is 27.2 Å². The van der Waals surface area contributed by atoms with Gasteiger partial charge in [-0.05, 0) is 54.8 Å². The van der Waals surface area contributed by atoms with Crippen molar-refractivity contribution in [2.24, 2.45) is 0 Å². The first kappa shape index (κ1) is 22.2. The number of ether oxygens (including phenoxy) is 1. The molecule has 174 valence electrons. The van der Waals surface area contributed by atoms with E-state index < -0.39 is 0 Å². The quantitative estimate of drug-likeness (QED) is 0.420. The Morgan fingerprint density at radius 3 is 2.44 bits per heavy atom. The van der Waals surface area contributed by atoms with E-state index in [0.29, 0.717) is 12.2 Å². The van der Waals surface area contributed by atoms with Gasteiger partial charge in [-0.3, -0.25) is 9.69 Å². The zero-order valence-corrected chi connectivity index (χ0v) is 19.6. The Kier molecular flexibility index (Phi) is 6.58. The van der Waals surface area contributed by atoms with E-state index in [0.717, 1.165) is 56.2 Å². The summed E-state index contributed by atoms with van der Waals surface area (Å²) in [5.41, 5.74) is 5.03. The molecule has 0 N–H and O–H groups in total. The van der Waals surface area contributed by atoms with Crippen LogP contribution in [0, 0.1) is 6.92 Å². The molecule has 1 saturated heterocycles. The number of hydrogen-bond donors (Lipinski definition) is 0. The number of piperazine rings is 1. The van der Waals surface area contributed by atoms with E-state index in [4.69, 9.17) is 4.74 Å². The molecule has 2 aromatic heterocycles. The molecule has 1 aliphatic heterocycles. The first-order chi connectivity index (χ1) is 16.6. The lowest BCUT2D eigenvalue weighted by molar-refractivity contribution is 0.0638. The minimum atomic E-state index is 0.0879. The normalized spacial score (nSPS) is 14.4. The molecule has 0 saturated carbocycles. The highest BCUT2D eigenvalue weighted by molar-refractivity contribution is 5.94. The minimum Gasteiger partial charge on any atom is -0.487 e. The van der Waals surface area contributed by atoms with Gasteiger partial charge in [-0.25, -0.2) is 4.98 Å². The van der Waals surface area contributed by atoms with Crippen LogP contribution in [0.2, 0.25) is 0 Å². The Morgan fingerprint density at radius 1 is 0.912 bits per heavy atom. The van der Waals surface area contributed by atoms with Crippen molar-refractivity contribution in [3.8, 4) is 5.75 Å². The monoisotopic (exact) mass is 454 g/mol. The highest BCUT2D eigenvalue weighted by atomic mass is 16.5. The summed E-state index contributed by atoms with van der Waals surface area (Å²) in [6, 6.07) is 22.1. The van der Waals surface area contributed by atoms with Gasteiger partial charge >= 0.3 is 0 Å². The lowest BCUT2D eigenvalue weighted by atomic mass is 10.1. The van der Waals surface area contributed by atoms with E-state index in [-0.39, 0.29) is 5.91 Å². The number of hydrogen-bond acceptors (Lipinski definition) is 4. The third-order valence-corrected chi connectivity index (χ3v) is 6.36. The molecule has 3 heterocycles. The van der Waals surface area contributed by atoms with Crippen LogP contribution < -0.4 is 4.74 Å². The summed E-state index contributed by atoms with van der Waals surface area (Å²) in [5.74, 6) is 0.820. The Bertz CT molecular complexity index is 1240. The summed E-state index contributed by atoms with van der Waals surface area (Å²) >= 11 is 0. The summed E-state index contributed by atoms with van der Waals surface area (Å²) < 4.78 is 7.91.